The van der Waals surface area contributed by atoms with E-state index in [2.05, 4.69) is 0 Å². The minimum Gasteiger partial charge on any atom is -0.481 e. The summed E-state index contributed by atoms with van der Waals surface area (Å²) in [6, 6.07) is 4.53. The molecule has 1 aromatic carbocycles. The van der Waals surface area contributed by atoms with Gasteiger partial charge >= 0.3 is 5.97 Å². The van der Waals surface area contributed by atoms with E-state index in [0.717, 1.165) is 28.6 Å². The summed E-state index contributed by atoms with van der Waals surface area (Å²) in [6.45, 7) is 1.50. The first-order valence-corrected chi connectivity index (χ1v) is 7.59. The van der Waals surface area contributed by atoms with E-state index in [0.29, 0.717) is 0 Å². The summed E-state index contributed by atoms with van der Waals surface area (Å²) in [4.78, 5) is 21.0. The molecule has 21 heavy (non-hydrogen) atoms. The first-order valence-electron chi connectivity index (χ1n) is 6.15. The minimum absolute atomic E-state index is 0.0808. The van der Waals surface area contributed by atoms with Crippen LogP contribution in [-0.4, -0.2) is 41.8 Å². The van der Waals surface area contributed by atoms with Gasteiger partial charge in [-0.15, -0.1) is 0 Å². The van der Waals surface area contributed by atoms with Crippen molar-refractivity contribution in [3.8, 4) is 0 Å². The Balaban J connectivity index is 2.27. The molecule has 1 heterocycles. The highest BCUT2D eigenvalue weighted by Gasteiger charge is 2.44. The fraction of sp³-hybridized carbons (Fsp3) is 0.417. The van der Waals surface area contributed by atoms with E-state index in [1.807, 2.05) is 0 Å². The largest absolute Gasteiger partial charge is 0.481 e. The highest BCUT2D eigenvalue weighted by Crippen LogP contribution is 2.33. The predicted octanol–water partition coefficient (Wildman–Crippen LogP) is 1.08. The smallest absolute Gasteiger partial charge is 0.310 e. The van der Waals surface area contributed by atoms with Crippen molar-refractivity contribution in [3.05, 3.63) is 34.4 Å². The Bertz CT molecular complexity index is 684. The maximum Gasteiger partial charge on any atom is 0.310 e. The number of benzene rings is 1. The molecule has 0 amide bonds. The van der Waals surface area contributed by atoms with Crippen LogP contribution in [0.2, 0.25) is 0 Å². The molecule has 0 aromatic heterocycles. The lowest BCUT2D eigenvalue weighted by molar-refractivity contribution is -0.384. The Labute approximate surface area is 121 Å². The number of carbonyl (C=O) groups is 1. The van der Waals surface area contributed by atoms with Crippen LogP contribution in [-0.2, 0) is 14.8 Å². The van der Waals surface area contributed by atoms with Crippen molar-refractivity contribution in [2.24, 2.45) is 5.41 Å². The van der Waals surface area contributed by atoms with Gasteiger partial charge in [-0.2, -0.15) is 4.31 Å². The molecule has 0 bridgehead atoms. The molecule has 1 fully saturated rings. The summed E-state index contributed by atoms with van der Waals surface area (Å²) in [6.07, 6.45) is 0.231. The van der Waals surface area contributed by atoms with Crippen molar-refractivity contribution in [3.63, 3.8) is 0 Å². The van der Waals surface area contributed by atoms with E-state index in [4.69, 9.17) is 5.11 Å². The van der Waals surface area contributed by atoms with E-state index in [9.17, 15) is 23.3 Å². The second kappa shape index (κ2) is 5.08. The molecule has 1 aliphatic heterocycles. The van der Waals surface area contributed by atoms with Crippen LogP contribution in [0.1, 0.15) is 13.3 Å². The molecule has 2 rings (SSSR count). The van der Waals surface area contributed by atoms with Crippen LogP contribution >= 0.6 is 0 Å². The van der Waals surface area contributed by atoms with Crippen molar-refractivity contribution < 1.29 is 23.2 Å². The molecule has 1 atom stereocenters. The lowest BCUT2D eigenvalue weighted by Gasteiger charge is -2.20. The molecule has 1 aromatic rings. The predicted molar refractivity (Wildman–Crippen MR) is 72.2 cm³/mol. The zero-order valence-electron chi connectivity index (χ0n) is 11.2. The summed E-state index contributed by atoms with van der Waals surface area (Å²) >= 11 is 0. The first-order chi connectivity index (χ1) is 9.67. The van der Waals surface area contributed by atoms with Gasteiger partial charge in [-0.25, -0.2) is 8.42 Å². The summed E-state index contributed by atoms with van der Waals surface area (Å²) in [7, 11) is -3.84. The van der Waals surface area contributed by atoms with Crippen LogP contribution in [0.5, 0.6) is 0 Å². The number of carboxylic acids is 1. The Morgan fingerprint density at radius 2 is 1.95 bits per heavy atom. The topological polar surface area (TPSA) is 118 Å². The van der Waals surface area contributed by atoms with Gasteiger partial charge in [0.15, 0.2) is 0 Å². The first kappa shape index (κ1) is 15.4. The number of nitro benzene ring substituents is 1. The Kier molecular flexibility index (Phi) is 3.72. The number of hydrogen-bond acceptors (Lipinski definition) is 5. The molecule has 0 radical (unpaired) electrons. The third-order valence-corrected chi connectivity index (χ3v) is 5.50. The van der Waals surface area contributed by atoms with E-state index in [1.54, 1.807) is 0 Å². The average molecular weight is 314 g/mol. The number of sulfonamides is 1. The monoisotopic (exact) mass is 314 g/mol. The second-order valence-electron chi connectivity index (χ2n) is 5.21. The van der Waals surface area contributed by atoms with Crippen LogP contribution in [0.3, 0.4) is 0 Å². The number of aliphatic carboxylic acids is 1. The molecule has 0 spiro atoms. The van der Waals surface area contributed by atoms with Gasteiger partial charge in [0.05, 0.1) is 15.2 Å². The van der Waals surface area contributed by atoms with Gasteiger partial charge in [-0.1, -0.05) is 0 Å². The van der Waals surface area contributed by atoms with Crippen molar-refractivity contribution in [1.82, 2.24) is 4.31 Å². The van der Waals surface area contributed by atoms with Gasteiger partial charge in [0.2, 0.25) is 10.0 Å². The molecule has 8 nitrogen and oxygen atoms in total. The van der Waals surface area contributed by atoms with Gasteiger partial charge in [-0.3, -0.25) is 14.9 Å². The number of nitro groups is 1. The van der Waals surface area contributed by atoms with Gasteiger partial charge in [0, 0.05) is 25.2 Å². The fourth-order valence-corrected chi connectivity index (χ4v) is 3.75. The number of non-ortho nitro benzene ring substituents is 1. The average Bonchev–Trinajstić information content (AvgIpc) is 2.84. The third kappa shape index (κ3) is 2.74. The Morgan fingerprint density at radius 3 is 2.38 bits per heavy atom. The van der Waals surface area contributed by atoms with Crippen LogP contribution < -0.4 is 0 Å². The van der Waals surface area contributed by atoms with Crippen LogP contribution in [0.4, 0.5) is 5.69 Å². The maximum absolute atomic E-state index is 12.4. The standard InChI is InChI=1S/C12H14N2O6S/c1-12(11(15)16)6-7-13(8-12)21(19,20)10-4-2-9(3-5-10)14(17)18/h2-5H,6-8H2,1H3,(H,15,16). The maximum atomic E-state index is 12.4. The zero-order chi connectivity index (χ0) is 15.8. The van der Waals surface area contributed by atoms with E-state index < -0.39 is 26.3 Å². The summed E-state index contributed by atoms with van der Waals surface area (Å²) < 4.78 is 25.9. The highest BCUT2D eigenvalue weighted by atomic mass is 32.2. The molecule has 1 unspecified atom stereocenters. The van der Waals surface area contributed by atoms with Crippen molar-refractivity contribution in [2.45, 2.75) is 18.2 Å². The van der Waals surface area contributed by atoms with Crippen molar-refractivity contribution >= 4 is 21.7 Å². The van der Waals surface area contributed by atoms with Crippen molar-refractivity contribution in [1.29, 1.82) is 0 Å². The van der Waals surface area contributed by atoms with Crippen LogP contribution in [0, 0.1) is 15.5 Å². The Hall–Kier alpha value is -2.00. The number of carboxylic acid groups (broad SMARTS) is 1. The molecular weight excluding hydrogens is 300 g/mol. The normalized spacial score (nSPS) is 23.1. The molecule has 1 saturated heterocycles. The highest BCUT2D eigenvalue weighted by molar-refractivity contribution is 7.89. The van der Waals surface area contributed by atoms with Gasteiger partial charge < -0.3 is 5.11 Å². The zero-order valence-corrected chi connectivity index (χ0v) is 12.0. The van der Waals surface area contributed by atoms with Gasteiger partial charge in [0.25, 0.3) is 5.69 Å². The second-order valence-corrected chi connectivity index (χ2v) is 7.14. The van der Waals surface area contributed by atoms with Crippen LogP contribution in [0.25, 0.3) is 0 Å². The SMILES string of the molecule is CC1(C(=O)O)CCN(S(=O)(=O)c2ccc([N+](=O)[O-])cc2)C1. The number of hydrogen-bond donors (Lipinski definition) is 1. The third-order valence-electron chi connectivity index (χ3n) is 3.64. The molecule has 0 saturated carbocycles. The van der Waals surface area contributed by atoms with E-state index >= 15 is 0 Å². The summed E-state index contributed by atoms with van der Waals surface area (Å²) in [5.74, 6) is -1.04. The molecule has 0 aliphatic carbocycles. The molecule has 114 valence electrons. The van der Waals surface area contributed by atoms with E-state index in [1.165, 1.54) is 6.92 Å². The molecule has 1 N–H and O–H groups in total. The number of nitrogens with zero attached hydrogens (tertiary/aromatic N) is 2. The molecule has 9 heteroatoms. The van der Waals surface area contributed by atoms with Gasteiger partial charge in [-0.05, 0) is 25.5 Å². The lowest BCUT2D eigenvalue weighted by atomic mass is 9.90. The Morgan fingerprint density at radius 1 is 1.38 bits per heavy atom. The fourth-order valence-electron chi connectivity index (χ4n) is 2.19. The summed E-state index contributed by atoms with van der Waals surface area (Å²) in [5.41, 5.74) is -1.31. The lowest BCUT2D eigenvalue weighted by Crippen LogP contribution is -2.34. The van der Waals surface area contributed by atoms with Crippen molar-refractivity contribution in [2.75, 3.05) is 13.1 Å². The van der Waals surface area contributed by atoms with Gasteiger partial charge in [0.1, 0.15) is 0 Å². The van der Waals surface area contributed by atoms with E-state index in [-0.39, 0.29) is 30.1 Å². The molecular formula is C12H14N2O6S. The minimum atomic E-state index is -3.84. The summed E-state index contributed by atoms with van der Waals surface area (Å²) in [5, 5.41) is 19.7. The number of rotatable bonds is 4. The quantitative estimate of drug-likeness (QED) is 0.656. The molecule has 1 aliphatic rings. The van der Waals surface area contributed by atoms with Crippen LogP contribution in [0.15, 0.2) is 29.2 Å².